The van der Waals surface area contributed by atoms with Crippen LogP contribution in [-0.2, 0) is 22.3 Å². The minimum absolute atomic E-state index is 0.0129. The molecule has 1 amide bonds. The summed E-state index contributed by atoms with van der Waals surface area (Å²) in [6.45, 7) is 5.32. The maximum absolute atomic E-state index is 12.8. The van der Waals surface area contributed by atoms with Gasteiger partial charge in [0.15, 0.2) is 5.78 Å². The summed E-state index contributed by atoms with van der Waals surface area (Å²) in [5.41, 5.74) is -0.966. The summed E-state index contributed by atoms with van der Waals surface area (Å²) in [4.78, 5) is 25.5. The number of ketones is 1. The standard InChI is InChI=1S/C17H18F3NO2S/c1-16(2,3)13(22)8-15-21(14(23)10-24-15)9-11-5-4-6-12(7-11)17(18,19)20/h4-8H,9-10H2,1-3H3. The van der Waals surface area contributed by atoms with E-state index in [-0.39, 0.29) is 24.0 Å². The largest absolute Gasteiger partial charge is 0.416 e. The molecule has 0 aliphatic carbocycles. The molecule has 1 fully saturated rings. The molecule has 7 heteroatoms. The average molecular weight is 357 g/mol. The third kappa shape index (κ3) is 4.41. The predicted octanol–water partition coefficient (Wildman–Crippen LogP) is 4.24. The van der Waals surface area contributed by atoms with Crippen LogP contribution in [0.5, 0.6) is 0 Å². The molecule has 0 radical (unpaired) electrons. The van der Waals surface area contributed by atoms with Crippen LogP contribution < -0.4 is 0 Å². The highest BCUT2D eigenvalue weighted by Crippen LogP contribution is 2.33. The van der Waals surface area contributed by atoms with Gasteiger partial charge in [0.05, 0.1) is 22.9 Å². The fraction of sp³-hybridized carbons (Fsp3) is 0.412. The van der Waals surface area contributed by atoms with Gasteiger partial charge in [0.2, 0.25) is 5.91 Å². The number of halogens is 3. The number of nitrogens with zero attached hydrogens (tertiary/aromatic N) is 1. The van der Waals surface area contributed by atoms with Gasteiger partial charge in [-0.25, -0.2) is 0 Å². The molecule has 0 aromatic heterocycles. The number of hydrogen-bond donors (Lipinski definition) is 0. The second-order valence-electron chi connectivity index (χ2n) is 6.56. The van der Waals surface area contributed by atoms with Crippen molar-refractivity contribution in [3.05, 3.63) is 46.5 Å². The zero-order valence-electron chi connectivity index (χ0n) is 13.6. The lowest BCUT2D eigenvalue weighted by molar-refractivity contribution is -0.137. The van der Waals surface area contributed by atoms with Crippen LogP contribution in [0.25, 0.3) is 0 Å². The van der Waals surface area contributed by atoms with E-state index >= 15 is 0 Å². The summed E-state index contributed by atoms with van der Waals surface area (Å²) in [6, 6.07) is 4.87. The normalized spacial score (nSPS) is 17.7. The Bertz CT molecular complexity index is 690. The summed E-state index contributed by atoms with van der Waals surface area (Å²) in [5.74, 6) is -0.165. The highest BCUT2D eigenvalue weighted by atomic mass is 32.2. The van der Waals surface area contributed by atoms with Crippen LogP contribution in [-0.4, -0.2) is 22.3 Å². The molecule has 3 nitrogen and oxygen atoms in total. The van der Waals surface area contributed by atoms with Gasteiger partial charge in [-0.3, -0.25) is 9.59 Å². The summed E-state index contributed by atoms with van der Waals surface area (Å²) < 4.78 is 38.4. The first-order valence-corrected chi connectivity index (χ1v) is 8.32. The molecule has 1 saturated heterocycles. The third-order valence-corrected chi connectivity index (χ3v) is 4.52. The first-order chi connectivity index (χ1) is 11.0. The maximum atomic E-state index is 12.8. The second-order valence-corrected chi connectivity index (χ2v) is 7.56. The molecule has 2 rings (SSSR count). The molecule has 0 atom stereocenters. The Kier molecular flexibility index (Phi) is 5.13. The fourth-order valence-corrected chi connectivity index (χ4v) is 3.00. The van der Waals surface area contributed by atoms with Gasteiger partial charge >= 0.3 is 6.18 Å². The molecule has 24 heavy (non-hydrogen) atoms. The first-order valence-electron chi connectivity index (χ1n) is 7.34. The van der Waals surface area contributed by atoms with Crippen LogP contribution in [0.3, 0.4) is 0 Å². The van der Waals surface area contributed by atoms with E-state index in [4.69, 9.17) is 0 Å². The van der Waals surface area contributed by atoms with Crippen molar-refractivity contribution in [1.29, 1.82) is 0 Å². The summed E-state index contributed by atoms with van der Waals surface area (Å²) in [6.07, 6.45) is -3.02. The maximum Gasteiger partial charge on any atom is 0.416 e. The third-order valence-electron chi connectivity index (χ3n) is 3.50. The number of carbonyl (C=O) groups excluding carboxylic acids is 2. The van der Waals surface area contributed by atoms with Gasteiger partial charge in [0.1, 0.15) is 0 Å². The molecule has 130 valence electrons. The molecule has 1 aromatic carbocycles. The molecule has 0 N–H and O–H groups in total. The lowest BCUT2D eigenvalue weighted by atomic mass is 9.91. The van der Waals surface area contributed by atoms with Crippen molar-refractivity contribution < 1.29 is 22.8 Å². The van der Waals surface area contributed by atoms with Crippen LogP contribution in [0, 0.1) is 5.41 Å². The zero-order valence-corrected chi connectivity index (χ0v) is 14.4. The van der Waals surface area contributed by atoms with Crippen LogP contribution in [0.2, 0.25) is 0 Å². The van der Waals surface area contributed by atoms with E-state index in [0.717, 1.165) is 12.1 Å². The molecular weight excluding hydrogens is 339 g/mol. The van der Waals surface area contributed by atoms with Gasteiger partial charge in [-0.05, 0) is 17.7 Å². The Morgan fingerprint density at radius 2 is 1.96 bits per heavy atom. The minimum atomic E-state index is -4.43. The highest BCUT2D eigenvalue weighted by molar-refractivity contribution is 8.04. The number of rotatable bonds is 3. The van der Waals surface area contributed by atoms with Crippen molar-refractivity contribution in [3.63, 3.8) is 0 Å². The lowest BCUT2D eigenvalue weighted by Crippen LogP contribution is -2.26. The van der Waals surface area contributed by atoms with Crippen molar-refractivity contribution >= 4 is 23.5 Å². The molecule has 0 bridgehead atoms. The highest BCUT2D eigenvalue weighted by Gasteiger charge is 2.32. The van der Waals surface area contributed by atoms with Crippen LogP contribution in [0.1, 0.15) is 31.9 Å². The Hall–Kier alpha value is -1.76. The molecule has 0 saturated carbocycles. The number of allylic oxidation sites excluding steroid dienone is 1. The monoisotopic (exact) mass is 357 g/mol. The summed E-state index contributed by atoms with van der Waals surface area (Å²) >= 11 is 1.23. The number of thioether (sulfide) groups is 1. The number of benzene rings is 1. The van der Waals surface area contributed by atoms with Gasteiger partial charge in [-0.1, -0.05) is 44.7 Å². The van der Waals surface area contributed by atoms with Gasteiger partial charge in [-0.2, -0.15) is 13.2 Å². The minimum Gasteiger partial charge on any atom is -0.301 e. The predicted molar refractivity (Wildman–Crippen MR) is 87.0 cm³/mol. The molecule has 1 aliphatic rings. The molecule has 0 spiro atoms. The van der Waals surface area contributed by atoms with Crippen LogP contribution >= 0.6 is 11.8 Å². The summed E-state index contributed by atoms with van der Waals surface area (Å²) in [5, 5.41) is 0.484. The second kappa shape index (κ2) is 6.63. The van der Waals surface area contributed by atoms with E-state index in [1.165, 1.54) is 34.9 Å². The van der Waals surface area contributed by atoms with E-state index in [1.807, 2.05) is 0 Å². The van der Waals surface area contributed by atoms with Gasteiger partial charge in [0, 0.05) is 11.5 Å². The number of hydrogen-bond acceptors (Lipinski definition) is 3. The van der Waals surface area contributed by atoms with Crippen molar-refractivity contribution in [3.8, 4) is 0 Å². The number of alkyl halides is 3. The van der Waals surface area contributed by atoms with Gasteiger partial charge in [0.25, 0.3) is 0 Å². The SMILES string of the molecule is CC(C)(C)C(=O)C=C1SCC(=O)N1Cc1cccc(C(F)(F)F)c1. The Balaban J connectivity index is 2.25. The van der Waals surface area contributed by atoms with Crippen molar-refractivity contribution in [1.82, 2.24) is 4.90 Å². The number of amides is 1. The van der Waals surface area contributed by atoms with E-state index in [1.54, 1.807) is 20.8 Å². The fourth-order valence-electron chi connectivity index (χ4n) is 2.06. The molecule has 1 aliphatic heterocycles. The van der Waals surface area contributed by atoms with Crippen LogP contribution in [0.15, 0.2) is 35.4 Å². The topological polar surface area (TPSA) is 37.4 Å². The van der Waals surface area contributed by atoms with Crippen molar-refractivity contribution in [2.24, 2.45) is 5.41 Å². The van der Waals surface area contributed by atoms with Gasteiger partial charge in [-0.15, -0.1) is 0 Å². The first kappa shape index (κ1) is 18.6. The average Bonchev–Trinajstić information content (AvgIpc) is 2.79. The molecule has 1 aromatic rings. The zero-order chi connectivity index (χ0) is 18.1. The molecule has 0 unspecified atom stereocenters. The van der Waals surface area contributed by atoms with E-state index in [9.17, 15) is 22.8 Å². The molecular formula is C17H18F3NO2S. The van der Waals surface area contributed by atoms with E-state index in [0.29, 0.717) is 10.6 Å². The lowest BCUT2D eigenvalue weighted by Gasteiger charge is -2.20. The van der Waals surface area contributed by atoms with Gasteiger partial charge < -0.3 is 4.90 Å². The molecule has 1 heterocycles. The Labute approximate surface area is 142 Å². The van der Waals surface area contributed by atoms with E-state index in [2.05, 4.69) is 0 Å². The Morgan fingerprint density at radius 1 is 1.29 bits per heavy atom. The number of carbonyl (C=O) groups is 2. The van der Waals surface area contributed by atoms with Crippen molar-refractivity contribution in [2.75, 3.05) is 5.75 Å². The van der Waals surface area contributed by atoms with Crippen LogP contribution in [0.4, 0.5) is 13.2 Å². The quantitative estimate of drug-likeness (QED) is 0.760. The van der Waals surface area contributed by atoms with Crippen molar-refractivity contribution in [2.45, 2.75) is 33.5 Å². The summed E-state index contributed by atoms with van der Waals surface area (Å²) in [7, 11) is 0. The van der Waals surface area contributed by atoms with E-state index < -0.39 is 17.2 Å². The Morgan fingerprint density at radius 3 is 2.54 bits per heavy atom. The smallest absolute Gasteiger partial charge is 0.301 e.